The molecule has 1 aromatic heterocycles. The predicted molar refractivity (Wildman–Crippen MR) is 103 cm³/mol. The molecule has 4 aromatic rings. The summed E-state index contributed by atoms with van der Waals surface area (Å²) in [5.74, 6) is 0.634. The molecule has 0 aliphatic rings. The molecule has 3 aromatic carbocycles. The van der Waals surface area contributed by atoms with E-state index in [-0.39, 0.29) is 0 Å². The summed E-state index contributed by atoms with van der Waals surface area (Å²) in [5.41, 5.74) is 5.59. The molecule has 0 fully saturated rings. The molecule has 0 spiro atoms. The van der Waals surface area contributed by atoms with E-state index in [9.17, 15) is 0 Å². The molecule has 0 unspecified atom stereocenters. The van der Waals surface area contributed by atoms with Crippen LogP contribution < -0.4 is 0 Å². The van der Waals surface area contributed by atoms with Crippen molar-refractivity contribution in [3.05, 3.63) is 96.3 Å². The quantitative estimate of drug-likeness (QED) is 0.418. The molecule has 0 bridgehead atoms. The summed E-state index contributed by atoms with van der Waals surface area (Å²) >= 11 is 6.03. The summed E-state index contributed by atoms with van der Waals surface area (Å²) in [6.07, 6.45) is 1.68. The number of hydrogen-bond donors (Lipinski definition) is 0. The van der Waals surface area contributed by atoms with Crippen molar-refractivity contribution in [1.82, 2.24) is 9.97 Å². The van der Waals surface area contributed by atoms with Crippen molar-refractivity contribution < 1.29 is 0 Å². The van der Waals surface area contributed by atoms with Crippen LogP contribution in [0, 0.1) is 0 Å². The van der Waals surface area contributed by atoms with Crippen molar-refractivity contribution in [3.8, 4) is 33.6 Å². The smallest absolute Gasteiger partial charge is 0.161 e. The molecule has 0 N–H and O–H groups in total. The third-order valence-corrected chi connectivity index (χ3v) is 4.30. The Labute approximate surface area is 151 Å². The lowest BCUT2D eigenvalue weighted by molar-refractivity contribution is 1.18. The van der Waals surface area contributed by atoms with E-state index in [1.54, 1.807) is 12.3 Å². The molecule has 1 heterocycles. The average molecular weight is 343 g/mol. The molecular formula is C22H15ClN2. The van der Waals surface area contributed by atoms with E-state index < -0.39 is 0 Å². The predicted octanol–water partition coefficient (Wildman–Crippen LogP) is 6.13. The van der Waals surface area contributed by atoms with Gasteiger partial charge in [0.2, 0.25) is 0 Å². The minimum Gasteiger partial charge on any atom is -0.236 e. The number of rotatable bonds is 3. The fourth-order valence-corrected chi connectivity index (χ4v) is 3.01. The lowest BCUT2D eigenvalue weighted by Crippen LogP contribution is -1.91. The first-order valence-electron chi connectivity index (χ1n) is 8.05. The fraction of sp³-hybridized carbons (Fsp3) is 0. The zero-order valence-corrected chi connectivity index (χ0v) is 14.2. The Morgan fingerprint density at radius 3 is 1.88 bits per heavy atom. The van der Waals surface area contributed by atoms with E-state index in [1.165, 1.54) is 11.1 Å². The van der Waals surface area contributed by atoms with Crippen LogP contribution in [0.15, 0.2) is 91.1 Å². The van der Waals surface area contributed by atoms with Crippen molar-refractivity contribution in [2.45, 2.75) is 0 Å². The minimum atomic E-state index is 0.444. The van der Waals surface area contributed by atoms with Crippen molar-refractivity contribution in [1.29, 1.82) is 0 Å². The molecule has 3 heteroatoms. The molecule has 0 aliphatic carbocycles. The van der Waals surface area contributed by atoms with Gasteiger partial charge in [0, 0.05) is 11.8 Å². The van der Waals surface area contributed by atoms with E-state index >= 15 is 0 Å². The van der Waals surface area contributed by atoms with Gasteiger partial charge in [-0.3, -0.25) is 0 Å². The van der Waals surface area contributed by atoms with Gasteiger partial charge in [0.15, 0.2) is 5.82 Å². The third kappa shape index (κ3) is 3.30. The van der Waals surface area contributed by atoms with Crippen LogP contribution in [0.4, 0.5) is 0 Å². The van der Waals surface area contributed by atoms with Gasteiger partial charge in [-0.15, -0.1) is 0 Å². The van der Waals surface area contributed by atoms with E-state index in [4.69, 9.17) is 11.6 Å². The topological polar surface area (TPSA) is 25.8 Å². The zero-order valence-electron chi connectivity index (χ0n) is 13.4. The van der Waals surface area contributed by atoms with Gasteiger partial charge < -0.3 is 0 Å². The van der Waals surface area contributed by atoms with Crippen LogP contribution in [0.2, 0.25) is 5.15 Å². The van der Waals surface area contributed by atoms with Gasteiger partial charge in [-0.05, 0) is 28.3 Å². The highest BCUT2D eigenvalue weighted by atomic mass is 35.5. The van der Waals surface area contributed by atoms with Crippen molar-refractivity contribution in [2.75, 3.05) is 0 Å². The lowest BCUT2D eigenvalue weighted by atomic mass is 9.96. The lowest BCUT2D eigenvalue weighted by Gasteiger charge is -2.10. The fourth-order valence-electron chi connectivity index (χ4n) is 2.87. The maximum Gasteiger partial charge on any atom is 0.161 e. The highest BCUT2D eigenvalue weighted by Crippen LogP contribution is 2.31. The van der Waals surface area contributed by atoms with Gasteiger partial charge in [-0.2, -0.15) is 0 Å². The Kier molecular flexibility index (Phi) is 4.28. The standard InChI is InChI=1S/C22H15ClN2/c23-21-14-15-24-22(25-21)20-9-5-4-8-19(20)18-12-10-17(11-13-18)16-6-2-1-3-7-16/h1-15H. The van der Waals surface area contributed by atoms with Crippen LogP contribution in [-0.4, -0.2) is 9.97 Å². The van der Waals surface area contributed by atoms with Crippen molar-refractivity contribution >= 4 is 11.6 Å². The van der Waals surface area contributed by atoms with Gasteiger partial charge in [0.25, 0.3) is 0 Å². The number of halogens is 1. The van der Waals surface area contributed by atoms with Crippen LogP contribution >= 0.6 is 11.6 Å². The van der Waals surface area contributed by atoms with E-state index in [2.05, 4.69) is 64.6 Å². The summed E-state index contributed by atoms with van der Waals surface area (Å²) in [6, 6.07) is 28.7. The molecule has 120 valence electrons. The summed E-state index contributed by atoms with van der Waals surface area (Å²) in [6.45, 7) is 0. The summed E-state index contributed by atoms with van der Waals surface area (Å²) < 4.78 is 0. The molecule has 0 radical (unpaired) electrons. The largest absolute Gasteiger partial charge is 0.236 e. The first-order chi connectivity index (χ1) is 12.3. The maximum atomic E-state index is 6.03. The monoisotopic (exact) mass is 342 g/mol. The summed E-state index contributed by atoms with van der Waals surface area (Å²) in [5, 5.41) is 0.444. The van der Waals surface area contributed by atoms with Gasteiger partial charge in [-0.1, -0.05) is 90.5 Å². The van der Waals surface area contributed by atoms with Crippen LogP contribution in [0.1, 0.15) is 0 Å². The van der Waals surface area contributed by atoms with E-state index in [0.717, 1.165) is 16.7 Å². The SMILES string of the molecule is Clc1ccnc(-c2ccccc2-c2ccc(-c3ccccc3)cc2)n1. The summed E-state index contributed by atoms with van der Waals surface area (Å²) in [4.78, 5) is 8.71. The van der Waals surface area contributed by atoms with Gasteiger partial charge in [-0.25, -0.2) is 9.97 Å². The van der Waals surface area contributed by atoms with Crippen LogP contribution in [0.3, 0.4) is 0 Å². The van der Waals surface area contributed by atoms with Crippen molar-refractivity contribution in [3.63, 3.8) is 0 Å². The Bertz CT molecular complexity index is 996. The summed E-state index contributed by atoms with van der Waals surface area (Å²) in [7, 11) is 0. The minimum absolute atomic E-state index is 0.444. The molecule has 4 rings (SSSR count). The first-order valence-corrected chi connectivity index (χ1v) is 8.43. The first kappa shape index (κ1) is 15.6. The molecule has 0 saturated carbocycles. The van der Waals surface area contributed by atoms with Gasteiger partial charge in [0.05, 0.1) is 0 Å². The van der Waals surface area contributed by atoms with Crippen LogP contribution in [0.5, 0.6) is 0 Å². The molecule has 0 aliphatic heterocycles. The Morgan fingerprint density at radius 2 is 1.16 bits per heavy atom. The Balaban J connectivity index is 1.76. The second-order valence-corrected chi connectivity index (χ2v) is 6.08. The third-order valence-electron chi connectivity index (χ3n) is 4.09. The van der Waals surface area contributed by atoms with Crippen LogP contribution in [-0.2, 0) is 0 Å². The normalized spacial score (nSPS) is 10.6. The van der Waals surface area contributed by atoms with Gasteiger partial charge >= 0.3 is 0 Å². The van der Waals surface area contributed by atoms with Crippen LogP contribution in [0.25, 0.3) is 33.6 Å². The van der Waals surface area contributed by atoms with Crippen molar-refractivity contribution in [2.24, 2.45) is 0 Å². The van der Waals surface area contributed by atoms with Gasteiger partial charge in [0.1, 0.15) is 5.15 Å². The molecular weight excluding hydrogens is 328 g/mol. The highest BCUT2D eigenvalue weighted by Gasteiger charge is 2.10. The maximum absolute atomic E-state index is 6.03. The number of aromatic nitrogens is 2. The molecule has 2 nitrogen and oxygen atoms in total. The highest BCUT2D eigenvalue weighted by molar-refractivity contribution is 6.29. The Morgan fingerprint density at radius 1 is 0.560 bits per heavy atom. The second-order valence-electron chi connectivity index (χ2n) is 5.69. The number of benzene rings is 3. The number of nitrogens with zero attached hydrogens (tertiary/aromatic N) is 2. The molecule has 0 amide bonds. The molecule has 0 saturated heterocycles. The van der Waals surface area contributed by atoms with E-state index in [1.807, 2.05) is 24.3 Å². The molecule has 0 atom stereocenters. The second kappa shape index (κ2) is 6.88. The average Bonchev–Trinajstić information content (AvgIpc) is 2.69. The zero-order chi connectivity index (χ0) is 17.1. The molecule has 25 heavy (non-hydrogen) atoms. The Hall–Kier alpha value is -2.97. The van der Waals surface area contributed by atoms with E-state index in [0.29, 0.717) is 11.0 Å². The number of hydrogen-bond acceptors (Lipinski definition) is 2.